The number of aromatic hydroxyl groups is 1. The van der Waals surface area contributed by atoms with E-state index >= 15 is 0 Å². The molecule has 0 saturated heterocycles. The van der Waals surface area contributed by atoms with Crippen LogP contribution in [0.1, 0.15) is 33.3 Å². The SMILES string of the molecule is CC(=O)c1cc(NC(=O)c2c(Oc3ccc(OC(F)(F)F)cc3O)ccc(C(F)(F)F)c2F)cc[n+]1[O-]. The number of Topliss-reactive ketones (excluding diaryl/α,β-unsaturated/α-hetero) is 1. The van der Waals surface area contributed by atoms with Crippen LogP contribution in [0.4, 0.5) is 36.4 Å². The number of nitrogens with one attached hydrogen (secondary N) is 1. The van der Waals surface area contributed by atoms with Gasteiger partial charge in [0, 0.05) is 25.1 Å². The molecule has 0 spiro atoms. The minimum atomic E-state index is -5.24. The maximum absolute atomic E-state index is 14.9. The fraction of sp³-hybridized carbons (Fsp3) is 0.136. The number of pyridine rings is 1. The van der Waals surface area contributed by atoms with E-state index in [0.717, 1.165) is 31.3 Å². The number of hydrogen-bond donors (Lipinski definition) is 2. The highest BCUT2D eigenvalue weighted by molar-refractivity contribution is 6.07. The Morgan fingerprint density at radius 3 is 2.22 bits per heavy atom. The lowest BCUT2D eigenvalue weighted by atomic mass is 10.1. The molecule has 0 unspecified atom stereocenters. The lowest BCUT2D eigenvalue weighted by Crippen LogP contribution is -2.33. The van der Waals surface area contributed by atoms with Crippen molar-refractivity contribution in [3.05, 3.63) is 76.5 Å². The van der Waals surface area contributed by atoms with Crippen molar-refractivity contribution in [2.45, 2.75) is 19.5 Å². The van der Waals surface area contributed by atoms with Crippen LogP contribution in [0.5, 0.6) is 23.0 Å². The fourth-order valence-corrected chi connectivity index (χ4v) is 2.99. The van der Waals surface area contributed by atoms with Crippen molar-refractivity contribution in [1.82, 2.24) is 0 Å². The third-order valence-electron chi connectivity index (χ3n) is 4.56. The van der Waals surface area contributed by atoms with Gasteiger partial charge in [-0.2, -0.15) is 17.9 Å². The molecule has 1 heterocycles. The van der Waals surface area contributed by atoms with Crippen LogP contribution in [0.2, 0.25) is 0 Å². The highest BCUT2D eigenvalue weighted by Gasteiger charge is 2.38. The van der Waals surface area contributed by atoms with Crippen molar-refractivity contribution in [3.8, 4) is 23.0 Å². The number of carbonyl (C=O) groups excluding carboxylic acids is 2. The molecule has 0 fully saturated rings. The lowest BCUT2D eigenvalue weighted by molar-refractivity contribution is -0.607. The molecule has 0 aliphatic carbocycles. The van der Waals surface area contributed by atoms with Gasteiger partial charge in [-0.15, -0.1) is 13.2 Å². The van der Waals surface area contributed by atoms with Gasteiger partial charge in [0.2, 0.25) is 5.78 Å². The van der Waals surface area contributed by atoms with E-state index < -0.39 is 69.9 Å². The summed E-state index contributed by atoms with van der Waals surface area (Å²) in [5.74, 6) is -7.65. The molecule has 0 saturated carbocycles. The van der Waals surface area contributed by atoms with E-state index in [1.165, 1.54) is 0 Å². The number of hydrogen-bond acceptors (Lipinski definition) is 6. The summed E-state index contributed by atoms with van der Waals surface area (Å²) in [7, 11) is 0. The Labute approximate surface area is 202 Å². The van der Waals surface area contributed by atoms with Gasteiger partial charge in [-0.1, -0.05) is 0 Å². The Morgan fingerprint density at radius 2 is 1.65 bits per heavy atom. The first-order valence-electron chi connectivity index (χ1n) is 9.78. The van der Waals surface area contributed by atoms with Crippen LogP contribution in [0.3, 0.4) is 0 Å². The Bertz CT molecular complexity index is 1370. The zero-order valence-corrected chi connectivity index (χ0v) is 18.2. The second kappa shape index (κ2) is 9.83. The van der Waals surface area contributed by atoms with Crippen molar-refractivity contribution >= 4 is 17.4 Å². The summed E-state index contributed by atoms with van der Waals surface area (Å²) in [5.41, 5.74) is -3.85. The highest BCUT2D eigenvalue weighted by Crippen LogP contribution is 2.40. The molecule has 2 aromatic carbocycles. The maximum atomic E-state index is 14.9. The minimum Gasteiger partial charge on any atom is -0.618 e. The van der Waals surface area contributed by atoms with Gasteiger partial charge in [0.25, 0.3) is 11.6 Å². The number of phenols is 1. The molecule has 0 radical (unpaired) electrons. The van der Waals surface area contributed by atoms with Crippen molar-refractivity contribution in [2.75, 3.05) is 5.32 Å². The van der Waals surface area contributed by atoms with E-state index in [2.05, 4.69) is 4.74 Å². The molecule has 1 aromatic heterocycles. The predicted molar refractivity (Wildman–Crippen MR) is 110 cm³/mol. The summed E-state index contributed by atoms with van der Waals surface area (Å²) in [6, 6.07) is 4.56. The number of phenolic OH excluding ortho intramolecular Hbond substituents is 1. The number of amides is 1. The first-order valence-corrected chi connectivity index (χ1v) is 9.78. The van der Waals surface area contributed by atoms with Crippen molar-refractivity contribution in [2.24, 2.45) is 0 Å². The number of benzene rings is 2. The largest absolute Gasteiger partial charge is 0.618 e. The van der Waals surface area contributed by atoms with Gasteiger partial charge in [0.1, 0.15) is 17.1 Å². The molecule has 0 atom stereocenters. The molecular weight excluding hydrogens is 521 g/mol. The smallest absolute Gasteiger partial charge is 0.573 e. The molecule has 0 bridgehead atoms. The summed E-state index contributed by atoms with van der Waals surface area (Å²) < 4.78 is 101. The Balaban J connectivity index is 2.04. The van der Waals surface area contributed by atoms with Gasteiger partial charge < -0.3 is 25.1 Å². The molecule has 196 valence electrons. The zero-order chi connectivity index (χ0) is 27.7. The van der Waals surface area contributed by atoms with Gasteiger partial charge in [-0.05, 0) is 24.3 Å². The van der Waals surface area contributed by atoms with Gasteiger partial charge in [0.05, 0.1) is 11.3 Å². The number of anilines is 1. The monoisotopic (exact) mass is 534 g/mol. The molecule has 3 rings (SSSR count). The maximum Gasteiger partial charge on any atom is 0.573 e. The van der Waals surface area contributed by atoms with Crippen LogP contribution >= 0.6 is 0 Å². The summed E-state index contributed by atoms with van der Waals surface area (Å²) in [6.07, 6.45) is -9.52. The molecule has 2 N–H and O–H groups in total. The minimum absolute atomic E-state index is 0.159. The number of ether oxygens (including phenoxy) is 2. The normalized spacial score (nSPS) is 11.7. The summed E-state index contributed by atoms with van der Waals surface area (Å²) in [4.78, 5) is 24.4. The van der Waals surface area contributed by atoms with Gasteiger partial charge in [-0.25, -0.2) is 4.39 Å². The molecule has 15 heteroatoms. The molecular formula is C22H13F7N2O6. The van der Waals surface area contributed by atoms with Crippen LogP contribution in [0.25, 0.3) is 0 Å². The van der Waals surface area contributed by atoms with Crippen molar-refractivity contribution in [3.63, 3.8) is 0 Å². The van der Waals surface area contributed by atoms with Crippen LogP contribution in [0, 0.1) is 11.0 Å². The van der Waals surface area contributed by atoms with E-state index in [0.29, 0.717) is 18.2 Å². The average Bonchev–Trinajstić information content (AvgIpc) is 2.74. The van der Waals surface area contributed by atoms with Crippen LogP contribution in [-0.4, -0.2) is 23.2 Å². The topological polar surface area (TPSA) is 112 Å². The summed E-state index contributed by atoms with van der Waals surface area (Å²) in [6.45, 7) is 1.03. The Morgan fingerprint density at radius 1 is 1.00 bits per heavy atom. The Hall–Kier alpha value is -4.56. The van der Waals surface area contributed by atoms with Crippen LogP contribution in [-0.2, 0) is 6.18 Å². The lowest BCUT2D eigenvalue weighted by Gasteiger charge is -2.17. The number of nitrogens with zero attached hydrogens (tertiary/aromatic N) is 1. The standard InChI is InChI=1S/C22H13F7N2O6/c1-10(32)14-8-11(6-7-31(14)35)30-20(34)18-17(5-3-13(19(18)23)21(24,25)26)36-16-4-2-12(9-15(16)33)37-22(27,28)29/h2-9,33H,1H3,(H,30,34). The first-order chi connectivity index (χ1) is 17.1. The fourth-order valence-electron chi connectivity index (χ4n) is 2.99. The van der Waals surface area contributed by atoms with E-state index in [1.54, 1.807) is 0 Å². The van der Waals surface area contributed by atoms with E-state index in [-0.39, 0.29) is 16.5 Å². The van der Waals surface area contributed by atoms with Gasteiger partial charge >= 0.3 is 12.5 Å². The highest BCUT2D eigenvalue weighted by atomic mass is 19.4. The molecule has 37 heavy (non-hydrogen) atoms. The summed E-state index contributed by atoms with van der Waals surface area (Å²) in [5, 5.41) is 23.7. The summed E-state index contributed by atoms with van der Waals surface area (Å²) >= 11 is 0. The zero-order valence-electron chi connectivity index (χ0n) is 18.2. The van der Waals surface area contributed by atoms with Crippen molar-refractivity contribution < 1.29 is 59.6 Å². The predicted octanol–water partition coefficient (Wildman–Crippen LogP) is 5.33. The number of ketones is 1. The first kappa shape index (κ1) is 27.0. The Kier molecular flexibility index (Phi) is 7.18. The van der Waals surface area contributed by atoms with Gasteiger partial charge in [-0.3, -0.25) is 9.59 Å². The average molecular weight is 534 g/mol. The van der Waals surface area contributed by atoms with Crippen LogP contribution < -0.4 is 19.5 Å². The second-order valence-corrected chi connectivity index (χ2v) is 7.21. The molecule has 3 aromatic rings. The molecule has 0 aliphatic rings. The van der Waals surface area contributed by atoms with Gasteiger partial charge in [0.15, 0.2) is 23.5 Å². The number of alkyl halides is 6. The van der Waals surface area contributed by atoms with Crippen molar-refractivity contribution in [1.29, 1.82) is 0 Å². The number of rotatable bonds is 6. The number of carbonyl (C=O) groups is 2. The third-order valence-corrected chi connectivity index (χ3v) is 4.56. The van der Waals surface area contributed by atoms with Crippen LogP contribution in [0.15, 0.2) is 48.7 Å². The quantitative estimate of drug-likeness (QED) is 0.192. The number of aromatic nitrogens is 1. The molecule has 8 nitrogen and oxygen atoms in total. The van der Waals surface area contributed by atoms with E-state index in [1.807, 2.05) is 5.32 Å². The molecule has 0 aliphatic heterocycles. The molecule has 1 amide bonds. The second-order valence-electron chi connectivity index (χ2n) is 7.21. The van der Waals surface area contributed by atoms with E-state index in [9.17, 15) is 50.6 Å². The van der Waals surface area contributed by atoms with E-state index in [4.69, 9.17) is 4.74 Å². The third kappa shape index (κ3) is 6.36. The number of halogens is 7.